The Hall–Kier alpha value is -1.49. The van der Waals surface area contributed by atoms with Gasteiger partial charge in [-0.1, -0.05) is 30.7 Å². The van der Waals surface area contributed by atoms with E-state index in [1.807, 2.05) is 0 Å². The molecule has 1 aliphatic rings. The lowest BCUT2D eigenvalue weighted by molar-refractivity contribution is -0.274. The number of halogens is 3. The summed E-state index contributed by atoms with van der Waals surface area (Å²) in [5, 5.41) is 9.70. The zero-order valence-corrected chi connectivity index (χ0v) is 10.3. The van der Waals surface area contributed by atoms with Crippen molar-refractivity contribution in [1.82, 2.24) is 0 Å². The Morgan fingerprint density at radius 2 is 1.89 bits per heavy atom. The summed E-state index contributed by atoms with van der Waals surface area (Å²) in [4.78, 5) is 0. The summed E-state index contributed by atoms with van der Waals surface area (Å²) in [5.41, 5.74) is 1.12. The van der Waals surface area contributed by atoms with E-state index in [9.17, 15) is 18.3 Å². The molecule has 1 aromatic rings. The van der Waals surface area contributed by atoms with Crippen LogP contribution in [0.2, 0.25) is 0 Å². The molecule has 1 aliphatic carbocycles. The van der Waals surface area contributed by atoms with Crippen LogP contribution in [-0.4, -0.2) is 17.6 Å². The van der Waals surface area contributed by atoms with Gasteiger partial charge in [0.2, 0.25) is 0 Å². The molecule has 2 nitrogen and oxygen atoms in total. The number of benzene rings is 1. The van der Waals surface area contributed by atoms with Crippen LogP contribution in [0.3, 0.4) is 0 Å². The third kappa shape index (κ3) is 3.99. The van der Waals surface area contributed by atoms with Crippen LogP contribution >= 0.6 is 0 Å². The largest absolute Gasteiger partial charge is 0.573 e. The predicted octanol–water partition coefficient (Wildman–Crippen LogP) is 3.90. The molecule has 0 amide bonds. The second-order valence-electron chi connectivity index (χ2n) is 4.55. The van der Waals surface area contributed by atoms with Gasteiger partial charge in [-0.25, -0.2) is 0 Å². The average Bonchev–Trinajstić information content (AvgIpc) is 2.52. The van der Waals surface area contributed by atoms with Gasteiger partial charge in [-0.15, -0.1) is 13.2 Å². The lowest BCUT2D eigenvalue weighted by Gasteiger charge is -2.15. The van der Waals surface area contributed by atoms with Crippen molar-refractivity contribution in [1.29, 1.82) is 0 Å². The molecule has 0 spiro atoms. The van der Waals surface area contributed by atoms with Crippen LogP contribution in [0.4, 0.5) is 13.2 Å². The van der Waals surface area contributed by atoms with Crippen LogP contribution in [0.15, 0.2) is 30.3 Å². The molecular formula is C14H15F3O2. The summed E-state index contributed by atoms with van der Waals surface area (Å²) in [6.07, 6.45) is -0.671. The van der Waals surface area contributed by atoms with Crippen LogP contribution in [0.1, 0.15) is 31.2 Å². The number of allylic oxidation sites excluding steroid dienone is 1. The smallest absolute Gasteiger partial charge is 0.405 e. The fourth-order valence-electron chi connectivity index (χ4n) is 2.24. The summed E-state index contributed by atoms with van der Waals surface area (Å²) in [7, 11) is 0. The molecule has 0 radical (unpaired) electrons. The van der Waals surface area contributed by atoms with Gasteiger partial charge in [-0.05, 0) is 30.9 Å². The van der Waals surface area contributed by atoms with Gasteiger partial charge in [0.15, 0.2) is 0 Å². The number of aliphatic hydroxyl groups is 1. The number of aliphatic hydroxyl groups excluding tert-OH is 1. The van der Waals surface area contributed by atoms with E-state index in [4.69, 9.17) is 0 Å². The maximum Gasteiger partial charge on any atom is 0.573 e. The normalized spacial score (nSPS) is 20.6. The lowest BCUT2D eigenvalue weighted by atomic mass is 10.0. The summed E-state index contributed by atoms with van der Waals surface area (Å²) >= 11 is 0. The molecule has 0 saturated carbocycles. The van der Waals surface area contributed by atoms with Gasteiger partial charge in [0.05, 0.1) is 6.10 Å². The van der Waals surface area contributed by atoms with Gasteiger partial charge in [0, 0.05) is 5.56 Å². The Kier molecular flexibility index (Phi) is 4.14. The van der Waals surface area contributed by atoms with Crippen LogP contribution in [-0.2, 0) is 0 Å². The molecule has 19 heavy (non-hydrogen) atoms. The first-order chi connectivity index (χ1) is 8.96. The molecule has 0 aliphatic heterocycles. The minimum absolute atomic E-state index is 0.213. The Bertz CT molecular complexity index is 466. The highest BCUT2D eigenvalue weighted by atomic mass is 19.4. The molecule has 5 heteroatoms. The monoisotopic (exact) mass is 272 g/mol. The molecular weight excluding hydrogens is 257 g/mol. The summed E-state index contributed by atoms with van der Waals surface area (Å²) in [5.74, 6) is -0.213. The van der Waals surface area contributed by atoms with Gasteiger partial charge < -0.3 is 9.84 Å². The van der Waals surface area contributed by atoms with E-state index in [0.29, 0.717) is 24.0 Å². The van der Waals surface area contributed by atoms with Gasteiger partial charge in [0.1, 0.15) is 5.75 Å². The quantitative estimate of drug-likeness (QED) is 0.884. The molecule has 0 fully saturated rings. The SMILES string of the molecule is OC1C=C(c2ccccc2OC(F)(F)F)CCCC1. The maximum absolute atomic E-state index is 12.4. The molecule has 1 N–H and O–H groups in total. The summed E-state index contributed by atoms with van der Waals surface area (Å²) in [6.45, 7) is 0. The Balaban J connectivity index is 2.33. The van der Waals surface area contributed by atoms with Crippen molar-refractivity contribution >= 4 is 5.57 Å². The molecule has 0 saturated heterocycles. The van der Waals surface area contributed by atoms with Crippen LogP contribution in [0, 0.1) is 0 Å². The molecule has 1 aromatic carbocycles. The van der Waals surface area contributed by atoms with Gasteiger partial charge in [0.25, 0.3) is 0 Å². The molecule has 2 rings (SSSR count). The van der Waals surface area contributed by atoms with Gasteiger partial charge in [-0.2, -0.15) is 0 Å². The van der Waals surface area contributed by atoms with E-state index in [2.05, 4.69) is 4.74 Å². The van der Waals surface area contributed by atoms with Crippen molar-refractivity contribution < 1.29 is 23.0 Å². The standard InChI is InChI=1S/C14H15F3O2/c15-14(16,17)19-13-8-4-3-7-12(13)10-5-1-2-6-11(18)9-10/h3-4,7-9,11,18H,1-2,5-6H2. The van der Waals surface area contributed by atoms with Crippen molar-refractivity contribution in [3.63, 3.8) is 0 Å². The highest BCUT2D eigenvalue weighted by Gasteiger charge is 2.32. The van der Waals surface area contributed by atoms with E-state index in [0.717, 1.165) is 12.8 Å². The van der Waals surface area contributed by atoms with E-state index in [1.54, 1.807) is 18.2 Å². The van der Waals surface area contributed by atoms with E-state index >= 15 is 0 Å². The van der Waals surface area contributed by atoms with Crippen LogP contribution in [0.5, 0.6) is 5.75 Å². The zero-order valence-electron chi connectivity index (χ0n) is 10.3. The lowest BCUT2D eigenvalue weighted by Crippen LogP contribution is -2.18. The van der Waals surface area contributed by atoms with Crippen molar-refractivity contribution in [3.8, 4) is 5.75 Å². The van der Waals surface area contributed by atoms with Gasteiger partial charge in [-0.3, -0.25) is 0 Å². The number of alkyl halides is 3. The van der Waals surface area contributed by atoms with Gasteiger partial charge >= 0.3 is 6.36 Å². The van der Waals surface area contributed by atoms with E-state index < -0.39 is 12.5 Å². The Morgan fingerprint density at radius 1 is 1.16 bits per heavy atom. The number of hydrogen-bond acceptors (Lipinski definition) is 2. The summed E-state index contributed by atoms with van der Waals surface area (Å²) in [6, 6.07) is 6.04. The minimum atomic E-state index is -4.71. The third-order valence-electron chi connectivity index (χ3n) is 3.05. The van der Waals surface area contributed by atoms with Crippen LogP contribution in [0.25, 0.3) is 5.57 Å². The first-order valence-electron chi connectivity index (χ1n) is 6.19. The molecule has 104 valence electrons. The number of rotatable bonds is 2. The zero-order chi connectivity index (χ0) is 13.9. The molecule has 0 heterocycles. The second-order valence-corrected chi connectivity index (χ2v) is 4.55. The van der Waals surface area contributed by atoms with Crippen molar-refractivity contribution in [3.05, 3.63) is 35.9 Å². The number of ether oxygens (including phenoxy) is 1. The van der Waals surface area contributed by atoms with Crippen molar-refractivity contribution in [2.45, 2.75) is 38.1 Å². The maximum atomic E-state index is 12.4. The highest BCUT2D eigenvalue weighted by Crippen LogP contribution is 2.34. The Labute approximate surface area is 109 Å². The number of para-hydroxylation sites is 1. The first-order valence-corrected chi connectivity index (χ1v) is 6.19. The fourth-order valence-corrected chi connectivity index (χ4v) is 2.24. The fraction of sp³-hybridized carbons (Fsp3) is 0.429. The first kappa shape index (κ1) is 13.9. The predicted molar refractivity (Wildman–Crippen MR) is 65.6 cm³/mol. The average molecular weight is 272 g/mol. The third-order valence-corrected chi connectivity index (χ3v) is 3.05. The van der Waals surface area contributed by atoms with E-state index in [-0.39, 0.29) is 5.75 Å². The van der Waals surface area contributed by atoms with Crippen LogP contribution < -0.4 is 4.74 Å². The topological polar surface area (TPSA) is 29.5 Å². The molecule has 1 atom stereocenters. The van der Waals surface area contributed by atoms with E-state index in [1.165, 1.54) is 12.1 Å². The van der Waals surface area contributed by atoms with Crippen molar-refractivity contribution in [2.75, 3.05) is 0 Å². The molecule has 0 aromatic heterocycles. The minimum Gasteiger partial charge on any atom is -0.405 e. The Morgan fingerprint density at radius 3 is 2.63 bits per heavy atom. The molecule has 1 unspecified atom stereocenters. The highest BCUT2D eigenvalue weighted by molar-refractivity contribution is 5.71. The van der Waals surface area contributed by atoms with Crippen molar-refractivity contribution in [2.24, 2.45) is 0 Å². The summed E-state index contributed by atoms with van der Waals surface area (Å²) < 4.78 is 41.1. The second kappa shape index (κ2) is 5.65. The number of hydrogen-bond donors (Lipinski definition) is 1. The molecule has 0 bridgehead atoms.